The monoisotopic (exact) mass is 381 g/mol. The molecule has 1 nitrogen and oxygen atoms in total. The first-order valence-electron chi connectivity index (χ1n) is 9.24. The van der Waals surface area contributed by atoms with Crippen LogP contribution in [-0.4, -0.2) is 4.83 Å². The van der Waals surface area contributed by atoms with Crippen molar-refractivity contribution in [1.82, 2.24) is 0 Å². The Balaban J connectivity index is 0.000000433. The lowest BCUT2D eigenvalue weighted by Gasteiger charge is -2.07. The summed E-state index contributed by atoms with van der Waals surface area (Å²) in [5, 5.41) is 0. The third kappa shape index (κ3) is 13.4. The Kier molecular flexibility index (Phi) is 15.6. The van der Waals surface area contributed by atoms with Gasteiger partial charge in [0.15, 0.2) is 0 Å². The fraction of sp³-hybridized carbons (Fsp3) is 0.619. The Morgan fingerprint density at radius 3 is 2.26 bits per heavy atom. The summed E-state index contributed by atoms with van der Waals surface area (Å²) in [6, 6.07) is 7.83. The maximum Gasteiger partial charge on any atom is 0.0349 e. The van der Waals surface area contributed by atoms with Crippen LogP contribution in [0.15, 0.2) is 36.9 Å². The molecule has 0 aliphatic rings. The molecule has 2 N–H and O–H groups in total. The van der Waals surface area contributed by atoms with Gasteiger partial charge in [0.05, 0.1) is 0 Å². The van der Waals surface area contributed by atoms with E-state index in [0.29, 0.717) is 0 Å². The third-order valence-corrected chi connectivity index (χ3v) is 4.81. The molecular formula is C21H36BrN. The minimum absolute atomic E-state index is 0.781. The Bertz CT molecular complexity index is 389. The van der Waals surface area contributed by atoms with Crippen LogP contribution >= 0.6 is 15.9 Å². The topological polar surface area (TPSA) is 26.0 Å². The van der Waals surface area contributed by atoms with Crippen molar-refractivity contribution in [3.8, 4) is 0 Å². The van der Waals surface area contributed by atoms with Gasteiger partial charge in [-0.2, -0.15) is 0 Å². The van der Waals surface area contributed by atoms with Gasteiger partial charge in [-0.25, -0.2) is 0 Å². The molecule has 0 bridgehead atoms. The van der Waals surface area contributed by atoms with Crippen molar-refractivity contribution in [1.29, 1.82) is 0 Å². The van der Waals surface area contributed by atoms with E-state index in [1.165, 1.54) is 57.8 Å². The smallest absolute Gasteiger partial charge is 0.0349 e. The van der Waals surface area contributed by atoms with Crippen molar-refractivity contribution in [3.05, 3.63) is 42.5 Å². The maximum absolute atomic E-state index is 5.66. The zero-order chi connectivity index (χ0) is 17.3. The van der Waals surface area contributed by atoms with Gasteiger partial charge in [0, 0.05) is 10.5 Å². The van der Waals surface area contributed by atoms with Crippen molar-refractivity contribution in [2.45, 2.75) is 82.9 Å². The molecule has 1 atom stereocenters. The molecule has 0 aromatic heterocycles. The van der Waals surface area contributed by atoms with Gasteiger partial charge in [-0.1, -0.05) is 99.0 Å². The molecule has 132 valence electrons. The van der Waals surface area contributed by atoms with E-state index in [-0.39, 0.29) is 0 Å². The fourth-order valence-electron chi connectivity index (χ4n) is 2.48. The minimum Gasteiger partial charge on any atom is -0.398 e. The summed E-state index contributed by atoms with van der Waals surface area (Å²) in [4.78, 5) is 0.781. The average Bonchev–Trinajstić information content (AvgIpc) is 2.54. The van der Waals surface area contributed by atoms with Crippen LogP contribution in [0.2, 0.25) is 0 Å². The Hall–Kier alpha value is -0.760. The summed E-state index contributed by atoms with van der Waals surface area (Å²) < 4.78 is 0. The number of alkyl halides is 1. The predicted molar refractivity (Wildman–Crippen MR) is 110 cm³/mol. The second kappa shape index (κ2) is 16.1. The number of benzene rings is 1. The van der Waals surface area contributed by atoms with Crippen molar-refractivity contribution in [2.24, 2.45) is 0 Å². The molecule has 0 aliphatic heterocycles. The number of anilines is 1. The fourth-order valence-corrected chi connectivity index (χ4v) is 3.26. The molecule has 0 heterocycles. The molecule has 0 aliphatic carbocycles. The Morgan fingerprint density at radius 2 is 1.65 bits per heavy atom. The second-order valence-electron chi connectivity index (χ2n) is 6.13. The second-order valence-corrected chi connectivity index (χ2v) is 7.43. The highest BCUT2D eigenvalue weighted by Gasteiger charge is 2.01. The van der Waals surface area contributed by atoms with Crippen LogP contribution in [0.5, 0.6) is 0 Å². The van der Waals surface area contributed by atoms with Crippen LogP contribution < -0.4 is 5.73 Å². The van der Waals surface area contributed by atoms with Gasteiger partial charge < -0.3 is 5.73 Å². The van der Waals surface area contributed by atoms with Gasteiger partial charge in [-0.15, -0.1) is 6.58 Å². The predicted octanol–water partition coefficient (Wildman–Crippen LogP) is 7.30. The van der Waals surface area contributed by atoms with Gasteiger partial charge in [0.1, 0.15) is 0 Å². The third-order valence-electron chi connectivity index (χ3n) is 3.89. The zero-order valence-corrected chi connectivity index (χ0v) is 16.8. The first kappa shape index (κ1) is 22.2. The first-order valence-corrected chi connectivity index (χ1v) is 10.2. The summed E-state index contributed by atoms with van der Waals surface area (Å²) in [5.74, 6) is 0. The summed E-state index contributed by atoms with van der Waals surface area (Å²) in [7, 11) is 0. The van der Waals surface area contributed by atoms with E-state index in [4.69, 9.17) is 5.73 Å². The van der Waals surface area contributed by atoms with Gasteiger partial charge >= 0.3 is 0 Å². The van der Waals surface area contributed by atoms with E-state index in [1.54, 1.807) is 0 Å². The molecule has 0 fully saturated rings. The number of allylic oxidation sites excluding steroid dienone is 1. The van der Waals surface area contributed by atoms with Crippen LogP contribution in [0.25, 0.3) is 0 Å². The number of halogens is 1. The van der Waals surface area contributed by atoms with Crippen molar-refractivity contribution in [2.75, 3.05) is 5.73 Å². The van der Waals surface area contributed by atoms with E-state index in [1.807, 2.05) is 30.3 Å². The quantitative estimate of drug-likeness (QED) is 0.185. The van der Waals surface area contributed by atoms with Gasteiger partial charge in [0.25, 0.3) is 0 Å². The van der Waals surface area contributed by atoms with E-state index in [9.17, 15) is 0 Å². The number of rotatable bonds is 11. The van der Waals surface area contributed by atoms with E-state index in [2.05, 4.69) is 36.4 Å². The zero-order valence-electron chi connectivity index (χ0n) is 15.2. The largest absolute Gasteiger partial charge is 0.398 e. The normalized spacial score (nSPS) is 11.4. The molecule has 1 aromatic carbocycles. The van der Waals surface area contributed by atoms with E-state index in [0.717, 1.165) is 22.5 Å². The molecule has 1 aromatic rings. The summed E-state index contributed by atoms with van der Waals surface area (Å²) in [6.07, 6.45) is 15.3. The molecule has 23 heavy (non-hydrogen) atoms. The lowest BCUT2D eigenvalue weighted by Crippen LogP contribution is -1.96. The van der Waals surface area contributed by atoms with Crippen LogP contribution in [0.1, 0.15) is 77.2 Å². The van der Waals surface area contributed by atoms with Crippen molar-refractivity contribution < 1.29 is 0 Å². The molecule has 0 radical (unpaired) electrons. The molecular weight excluding hydrogens is 346 g/mol. The van der Waals surface area contributed by atoms with Gasteiger partial charge in [-0.05, 0) is 30.9 Å². The maximum atomic E-state index is 5.66. The summed E-state index contributed by atoms with van der Waals surface area (Å²) in [5.41, 5.74) is 7.66. The molecule has 0 spiro atoms. The molecule has 0 saturated heterocycles. The minimum atomic E-state index is 0.781. The number of hydrogen-bond donors (Lipinski definition) is 1. The van der Waals surface area contributed by atoms with Crippen LogP contribution in [0.3, 0.4) is 0 Å². The Labute approximate surface area is 152 Å². The summed E-state index contributed by atoms with van der Waals surface area (Å²) in [6.45, 7) is 8.17. The van der Waals surface area contributed by atoms with E-state index >= 15 is 0 Å². The number of para-hydroxylation sites is 1. The highest BCUT2D eigenvalue weighted by molar-refractivity contribution is 9.09. The van der Waals surface area contributed by atoms with E-state index < -0.39 is 0 Å². The summed E-state index contributed by atoms with van der Waals surface area (Å²) >= 11 is 3.72. The van der Waals surface area contributed by atoms with Gasteiger partial charge in [0.2, 0.25) is 0 Å². The number of unbranched alkanes of at least 4 members (excludes halogenated alkanes) is 5. The van der Waals surface area contributed by atoms with Gasteiger partial charge in [-0.3, -0.25) is 0 Å². The molecule has 0 saturated carbocycles. The lowest BCUT2D eigenvalue weighted by molar-refractivity contribution is 0.572. The molecule has 1 rings (SSSR count). The Morgan fingerprint density at radius 1 is 1.00 bits per heavy atom. The first-order chi connectivity index (χ1) is 11.2. The van der Waals surface area contributed by atoms with Crippen LogP contribution in [0.4, 0.5) is 5.69 Å². The highest BCUT2D eigenvalue weighted by atomic mass is 79.9. The standard InChI is InChI=1S/C12H25Br.C9H11N/c1-3-5-6-7-8-9-11-12(13)10-4-2;1-2-5-8-6-3-4-7-9(8)10/h12H,3-11H2,1-2H3;2-4,6-7H,1,5,10H2. The average molecular weight is 382 g/mol. The highest BCUT2D eigenvalue weighted by Crippen LogP contribution is 2.17. The number of nitrogens with two attached hydrogens (primary N) is 1. The number of nitrogen functional groups attached to an aromatic ring is 1. The lowest BCUT2D eigenvalue weighted by atomic mass is 10.1. The molecule has 0 amide bonds. The number of hydrogen-bond acceptors (Lipinski definition) is 1. The van der Waals surface area contributed by atoms with Crippen molar-refractivity contribution >= 4 is 21.6 Å². The SMILES string of the molecule is C=CCc1ccccc1N.CCCCCCCCC(Br)CCC. The van der Waals surface area contributed by atoms with Crippen molar-refractivity contribution in [3.63, 3.8) is 0 Å². The van der Waals surface area contributed by atoms with Crippen LogP contribution in [0, 0.1) is 0 Å². The molecule has 1 unspecified atom stereocenters. The molecule has 2 heteroatoms. The van der Waals surface area contributed by atoms with Crippen LogP contribution in [-0.2, 0) is 6.42 Å².